The first-order valence-electron chi connectivity index (χ1n) is 9.92. The fraction of sp³-hybridized carbons (Fsp3) is 0.120. The van der Waals surface area contributed by atoms with Gasteiger partial charge in [-0.1, -0.05) is 35.9 Å². The van der Waals surface area contributed by atoms with Crippen molar-refractivity contribution >= 4 is 34.6 Å². The van der Waals surface area contributed by atoms with E-state index in [0.717, 1.165) is 22.4 Å². The van der Waals surface area contributed by atoms with Crippen LogP contribution in [-0.2, 0) is 11.4 Å². The highest BCUT2D eigenvalue weighted by molar-refractivity contribution is 8.18. The number of methoxy groups -OCH3 is 1. The Morgan fingerprint density at radius 1 is 1.03 bits per heavy atom. The van der Waals surface area contributed by atoms with Gasteiger partial charge >= 0.3 is 0 Å². The summed E-state index contributed by atoms with van der Waals surface area (Å²) in [6.45, 7) is 2.30. The molecule has 0 spiro atoms. The van der Waals surface area contributed by atoms with E-state index in [4.69, 9.17) is 9.47 Å². The molecule has 4 rings (SSSR count). The molecule has 0 saturated carbocycles. The zero-order valence-electron chi connectivity index (χ0n) is 17.6. The van der Waals surface area contributed by atoms with E-state index in [0.29, 0.717) is 21.6 Å². The van der Waals surface area contributed by atoms with Crippen LogP contribution in [0, 0.1) is 12.7 Å². The van der Waals surface area contributed by atoms with Gasteiger partial charge in [-0.05, 0) is 72.3 Å². The van der Waals surface area contributed by atoms with Gasteiger partial charge < -0.3 is 14.8 Å². The number of halogens is 1. The number of nitrogens with zero attached hydrogens (tertiary/aromatic N) is 1. The highest BCUT2D eigenvalue weighted by Crippen LogP contribution is 2.32. The van der Waals surface area contributed by atoms with Crippen LogP contribution in [0.3, 0.4) is 0 Å². The Hall–Kier alpha value is -3.58. The summed E-state index contributed by atoms with van der Waals surface area (Å²) >= 11 is 1.29. The van der Waals surface area contributed by atoms with Crippen molar-refractivity contribution < 1.29 is 18.7 Å². The van der Waals surface area contributed by atoms with E-state index in [2.05, 4.69) is 10.3 Å². The fourth-order valence-electron chi connectivity index (χ4n) is 3.00. The van der Waals surface area contributed by atoms with Gasteiger partial charge in [-0.25, -0.2) is 9.38 Å². The molecular formula is C25H21FN2O3S. The number of ether oxygens (including phenoxy) is 2. The Kier molecular flexibility index (Phi) is 6.56. The van der Waals surface area contributed by atoms with Crippen molar-refractivity contribution in [3.8, 4) is 11.5 Å². The summed E-state index contributed by atoms with van der Waals surface area (Å²) in [6.07, 6.45) is 1.78. The van der Waals surface area contributed by atoms with Crippen molar-refractivity contribution in [2.45, 2.75) is 13.5 Å². The predicted octanol–water partition coefficient (Wildman–Crippen LogP) is 5.61. The monoisotopic (exact) mass is 448 g/mol. The zero-order valence-corrected chi connectivity index (χ0v) is 18.4. The topological polar surface area (TPSA) is 59.9 Å². The number of thioether (sulfide) groups is 1. The molecule has 1 saturated heterocycles. The second kappa shape index (κ2) is 9.70. The summed E-state index contributed by atoms with van der Waals surface area (Å²) in [4.78, 5) is 17.4. The third-order valence-electron chi connectivity index (χ3n) is 4.71. The number of amides is 1. The van der Waals surface area contributed by atoms with Gasteiger partial charge in [0.05, 0.1) is 17.7 Å². The largest absolute Gasteiger partial charge is 0.493 e. The molecule has 3 aromatic carbocycles. The molecule has 5 nitrogen and oxygen atoms in total. The van der Waals surface area contributed by atoms with Crippen LogP contribution in [-0.4, -0.2) is 18.2 Å². The van der Waals surface area contributed by atoms with Crippen LogP contribution in [0.15, 0.2) is 76.6 Å². The number of carbonyl (C=O) groups is 1. The maximum Gasteiger partial charge on any atom is 0.264 e. The van der Waals surface area contributed by atoms with Gasteiger partial charge in [-0.3, -0.25) is 4.79 Å². The van der Waals surface area contributed by atoms with Crippen molar-refractivity contribution in [2.75, 3.05) is 7.11 Å². The lowest BCUT2D eigenvalue weighted by Gasteiger charge is -2.11. The number of benzene rings is 3. The molecule has 0 aliphatic carbocycles. The molecule has 1 heterocycles. The molecule has 0 aromatic heterocycles. The number of aliphatic imine (C=N–C) groups is 1. The quantitative estimate of drug-likeness (QED) is 0.498. The van der Waals surface area contributed by atoms with Crippen LogP contribution in [0.2, 0.25) is 0 Å². The molecule has 0 unspecified atom stereocenters. The van der Waals surface area contributed by atoms with Gasteiger partial charge in [0.2, 0.25) is 0 Å². The van der Waals surface area contributed by atoms with Gasteiger partial charge in [-0.2, -0.15) is 0 Å². The normalized spacial score (nSPS) is 15.8. The fourth-order valence-corrected chi connectivity index (χ4v) is 3.85. The van der Waals surface area contributed by atoms with Crippen LogP contribution in [0.1, 0.15) is 16.7 Å². The number of rotatable bonds is 6. The number of carbonyl (C=O) groups excluding carboxylic acids is 1. The first-order valence-corrected chi connectivity index (χ1v) is 10.7. The number of aryl methyl sites for hydroxylation is 1. The highest BCUT2D eigenvalue weighted by Gasteiger charge is 2.24. The summed E-state index contributed by atoms with van der Waals surface area (Å²) in [5.41, 5.74) is 3.57. The maximum atomic E-state index is 13.1. The zero-order chi connectivity index (χ0) is 22.5. The maximum absolute atomic E-state index is 13.1. The summed E-state index contributed by atoms with van der Waals surface area (Å²) in [7, 11) is 1.56. The molecule has 0 radical (unpaired) electrons. The molecule has 32 heavy (non-hydrogen) atoms. The third kappa shape index (κ3) is 5.36. The first kappa shape index (κ1) is 21.6. The van der Waals surface area contributed by atoms with E-state index in [9.17, 15) is 9.18 Å². The average molecular weight is 449 g/mol. The van der Waals surface area contributed by atoms with Crippen molar-refractivity contribution in [1.29, 1.82) is 0 Å². The molecule has 7 heteroatoms. The summed E-state index contributed by atoms with van der Waals surface area (Å²) in [5.74, 6) is 0.614. The lowest BCUT2D eigenvalue weighted by atomic mass is 10.2. The molecule has 3 aromatic rings. The summed E-state index contributed by atoms with van der Waals surface area (Å²) in [6, 6.07) is 19.3. The van der Waals surface area contributed by atoms with Crippen LogP contribution >= 0.6 is 11.8 Å². The van der Waals surface area contributed by atoms with E-state index >= 15 is 0 Å². The van der Waals surface area contributed by atoms with Gasteiger partial charge in [0.1, 0.15) is 12.4 Å². The van der Waals surface area contributed by atoms with Crippen molar-refractivity contribution in [2.24, 2.45) is 4.99 Å². The molecule has 1 N–H and O–H groups in total. The molecule has 162 valence electrons. The Morgan fingerprint density at radius 3 is 2.50 bits per heavy atom. The Bertz CT molecular complexity index is 1190. The second-order valence-corrected chi connectivity index (χ2v) is 8.17. The van der Waals surface area contributed by atoms with Gasteiger partial charge in [0.15, 0.2) is 16.7 Å². The van der Waals surface area contributed by atoms with Gasteiger partial charge in [-0.15, -0.1) is 0 Å². The van der Waals surface area contributed by atoms with E-state index in [1.807, 2.05) is 37.3 Å². The molecule has 1 amide bonds. The van der Waals surface area contributed by atoms with E-state index in [-0.39, 0.29) is 18.3 Å². The Morgan fingerprint density at radius 2 is 1.78 bits per heavy atom. The Balaban J connectivity index is 1.47. The minimum atomic E-state index is -0.287. The average Bonchev–Trinajstić information content (AvgIpc) is 3.13. The number of nitrogens with one attached hydrogen (secondary N) is 1. The van der Waals surface area contributed by atoms with Gasteiger partial charge in [0, 0.05) is 0 Å². The van der Waals surface area contributed by atoms with Crippen LogP contribution < -0.4 is 14.8 Å². The number of amidine groups is 1. The van der Waals surface area contributed by atoms with Crippen LogP contribution in [0.25, 0.3) is 6.08 Å². The molecule has 1 fully saturated rings. The van der Waals surface area contributed by atoms with Crippen LogP contribution in [0.5, 0.6) is 11.5 Å². The molecular weight excluding hydrogens is 427 g/mol. The first-order chi connectivity index (χ1) is 15.5. The SMILES string of the molecule is COc1cc(C=C2SC(=Nc3ccc(C)cc3)NC2=O)ccc1OCc1ccc(F)cc1. The highest BCUT2D eigenvalue weighted by atomic mass is 32.2. The van der Waals surface area contributed by atoms with E-state index in [1.54, 1.807) is 37.5 Å². The van der Waals surface area contributed by atoms with E-state index < -0.39 is 0 Å². The summed E-state index contributed by atoms with van der Waals surface area (Å²) < 4.78 is 24.3. The molecule has 0 bridgehead atoms. The summed E-state index contributed by atoms with van der Waals surface area (Å²) in [5, 5.41) is 3.33. The van der Waals surface area contributed by atoms with Crippen molar-refractivity contribution in [1.82, 2.24) is 5.32 Å². The molecule has 1 aliphatic heterocycles. The van der Waals surface area contributed by atoms with Crippen molar-refractivity contribution in [3.05, 3.63) is 94.1 Å². The third-order valence-corrected chi connectivity index (χ3v) is 5.62. The predicted molar refractivity (Wildman–Crippen MR) is 126 cm³/mol. The molecule has 0 atom stereocenters. The molecule has 1 aliphatic rings. The second-order valence-electron chi connectivity index (χ2n) is 7.14. The lowest BCUT2D eigenvalue weighted by Crippen LogP contribution is -2.19. The minimum absolute atomic E-state index is 0.198. The van der Waals surface area contributed by atoms with Crippen molar-refractivity contribution in [3.63, 3.8) is 0 Å². The lowest BCUT2D eigenvalue weighted by molar-refractivity contribution is -0.115. The smallest absolute Gasteiger partial charge is 0.264 e. The van der Waals surface area contributed by atoms with Gasteiger partial charge in [0.25, 0.3) is 5.91 Å². The minimum Gasteiger partial charge on any atom is -0.493 e. The standard InChI is InChI=1S/C25H21FN2O3S/c1-16-3-10-20(11-4-16)27-25-28-24(29)23(32-25)14-18-7-12-21(22(13-18)30-2)31-15-17-5-8-19(26)9-6-17/h3-14H,15H2,1-2H3,(H,27,28,29). The number of hydrogen-bond acceptors (Lipinski definition) is 5. The van der Waals surface area contributed by atoms with Crippen LogP contribution in [0.4, 0.5) is 10.1 Å². The van der Waals surface area contributed by atoms with E-state index in [1.165, 1.54) is 23.9 Å². The number of hydrogen-bond donors (Lipinski definition) is 1. The Labute approximate surface area is 190 Å².